The summed E-state index contributed by atoms with van der Waals surface area (Å²) in [5, 5.41) is 2.22. The molecule has 1 N–H and O–H groups in total. The highest BCUT2D eigenvalue weighted by Crippen LogP contribution is 2.17. The van der Waals surface area contributed by atoms with Gasteiger partial charge in [-0.05, 0) is 19.4 Å². The number of halogens is 1. The van der Waals surface area contributed by atoms with Crippen LogP contribution in [-0.2, 0) is 9.84 Å². The van der Waals surface area contributed by atoms with Gasteiger partial charge in [0, 0.05) is 6.54 Å². The highest BCUT2D eigenvalue weighted by molar-refractivity contribution is 7.91. The molecule has 1 aliphatic heterocycles. The first-order valence-corrected chi connectivity index (χ1v) is 6.57. The van der Waals surface area contributed by atoms with E-state index in [0.717, 1.165) is 25.4 Å². The number of nitrogens with one attached hydrogen (secondary N) is 1. The third-order valence-electron chi connectivity index (χ3n) is 2.54. The van der Waals surface area contributed by atoms with Gasteiger partial charge in [0.25, 0.3) is 0 Å². The summed E-state index contributed by atoms with van der Waals surface area (Å²) < 4.78 is 36.6. The topological polar surface area (TPSA) is 72.0 Å². The van der Waals surface area contributed by atoms with Crippen molar-refractivity contribution in [3.63, 3.8) is 0 Å². The number of aromatic nitrogens is 2. The summed E-state index contributed by atoms with van der Waals surface area (Å²) in [6.07, 6.45) is 3.15. The van der Waals surface area contributed by atoms with Gasteiger partial charge in [-0.2, -0.15) is 0 Å². The minimum Gasteiger partial charge on any atom is -0.315 e. The molecule has 16 heavy (non-hydrogen) atoms. The quantitative estimate of drug-likeness (QED) is 0.750. The Bertz CT molecular complexity index is 454. The van der Waals surface area contributed by atoms with Crippen LogP contribution in [0.3, 0.4) is 0 Å². The Labute approximate surface area is 93.0 Å². The van der Waals surface area contributed by atoms with Crippen LogP contribution in [-0.4, -0.2) is 36.7 Å². The van der Waals surface area contributed by atoms with Crippen molar-refractivity contribution in [1.82, 2.24) is 15.3 Å². The predicted molar refractivity (Wildman–Crippen MR) is 55.1 cm³/mol. The summed E-state index contributed by atoms with van der Waals surface area (Å²) in [5.41, 5.74) is 0. The van der Waals surface area contributed by atoms with E-state index in [1.54, 1.807) is 0 Å². The summed E-state index contributed by atoms with van der Waals surface area (Å²) in [6.45, 7) is 1.24. The molecule has 0 bridgehead atoms. The lowest BCUT2D eigenvalue weighted by atomic mass is 10.2. The van der Waals surface area contributed by atoms with Crippen LogP contribution in [0.15, 0.2) is 17.6 Å². The normalized spacial score (nSPS) is 21.9. The van der Waals surface area contributed by atoms with Gasteiger partial charge in [0.05, 0.1) is 17.6 Å². The molecule has 88 valence electrons. The van der Waals surface area contributed by atoms with Gasteiger partial charge >= 0.3 is 0 Å². The average molecular weight is 245 g/mol. The van der Waals surface area contributed by atoms with Gasteiger partial charge in [-0.1, -0.05) is 0 Å². The van der Waals surface area contributed by atoms with Crippen LogP contribution in [0.2, 0.25) is 0 Å². The number of piperidine rings is 1. The van der Waals surface area contributed by atoms with Crippen molar-refractivity contribution >= 4 is 9.84 Å². The molecule has 0 radical (unpaired) electrons. The zero-order valence-corrected chi connectivity index (χ0v) is 9.37. The van der Waals surface area contributed by atoms with E-state index in [1.165, 1.54) is 0 Å². The molecule has 1 aromatic rings. The Kier molecular flexibility index (Phi) is 3.15. The highest BCUT2D eigenvalue weighted by Gasteiger charge is 2.31. The number of sulfone groups is 1. The molecule has 0 aliphatic carbocycles. The maximum absolute atomic E-state index is 12.6. The molecule has 0 unspecified atom stereocenters. The second kappa shape index (κ2) is 4.42. The third-order valence-corrected chi connectivity index (χ3v) is 4.54. The summed E-state index contributed by atoms with van der Waals surface area (Å²) >= 11 is 0. The van der Waals surface area contributed by atoms with E-state index in [2.05, 4.69) is 15.3 Å². The van der Waals surface area contributed by atoms with Crippen molar-refractivity contribution in [2.45, 2.75) is 23.2 Å². The van der Waals surface area contributed by atoms with Crippen molar-refractivity contribution in [2.75, 3.05) is 13.1 Å². The van der Waals surface area contributed by atoms with E-state index in [4.69, 9.17) is 0 Å². The van der Waals surface area contributed by atoms with Gasteiger partial charge in [-0.25, -0.2) is 22.8 Å². The summed E-state index contributed by atoms with van der Waals surface area (Å²) in [7, 11) is -3.53. The van der Waals surface area contributed by atoms with E-state index < -0.39 is 20.9 Å². The maximum Gasteiger partial charge on any atom is 0.247 e. The van der Waals surface area contributed by atoms with Gasteiger partial charge in [-0.3, -0.25) is 0 Å². The first-order chi connectivity index (χ1) is 7.60. The van der Waals surface area contributed by atoms with E-state index in [-0.39, 0.29) is 5.16 Å². The van der Waals surface area contributed by atoms with Gasteiger partial charge in [0.15, 0.2) is 5.82 Å². The lowest BCUT2D eigenvalue weighted by Crippen LogP contribution is -2.39. The fraction of sp³-hybridized carbons (Fsp3) is 0.556. The summed E-state index contributed by atoms with van der Waals surface area (Å²) in [5.74, 6) is -0.638. The molecule has 1 fully saturated rings. The number of hydrogen-bond acceptors (Lipinski definition) is 5. The largest absolute Gasteiger partial charge is 0.315 e. The highest BCUT2D eigenvalue weighted by atomic mass is 32.2. The molecular formula is C9H12FN3O2S. The number of nitrogens with zero attached hydrogens (tertiary/aromatic N) is 2. The van der Waals surface area contributed by atoms with Crippen LogP contribution in [0, 0.1) is 5.82 Å². The first-order valence-electron chi connectivity index (χ1n) is 5.03. The number of hydrogen-bond donors (Lipinski definition) is 1. The van der Waals surface area contributed by atoms with Crippen LogP contribution >= 0.6 is 0 Å². The Morgan fingerprint density at radius 3 is 2.62 bits per heavy atom. The lowest BCUT2D eigenvalue weighted by molar-refractivity contribution is 0.492. The maximum atomic E-state index is 12.6. The van der Waals surface area contributed by atoms with Gasteiger partial charge in [0.2, 0.25) is 15.0 Å². The summed E-state index contributed by atoms with van der Waals surface area (Å²) in [6, 6.07) is 0. The van der Waals surface area contributed by atoms with Crippen LogP contribution in [0.1, 0.15) is 12.8 Å². The Morgan fingerprint density at radius 2 is 2.06 bits per heavy atom. The number of rotatable bonds is 2. The van der Waals surface area contributed by atoms with Crippen molar-refractivity contribution in [3.8, 4) is 0 Å². The predicted octanol–water partition coefficient (Wildman–Crippen LogP) is 0.141. The zero-order chi connectivity index (χ0) is 11.6. The standard InChI is InChI=1S/C9H12FN3O2S/c10-7-4-12-9(13-5-7)16(14,15)8-2-1-3-11-6-8/h4-5,8,11H,1-3,6H2/t8-/m0/s1. The van der Waals surface area contributed by atoms with Crippen molar-refractivity contribution in [1.29, 1.82) is 0 Å². The molecule has 2 rings (SSSR count). The first kappa shape index (κ1) is 11.4. The smallest absolute Gasteiger partial charge is 0.247 e. The Balaban J connectivity index is 2.27. The molecule has 0 aromatic carbocycles. The van der Waals surface area contributed by atoms with E-state index in [0.29, 0.717) is 13.0 Å². The molecular weight excluding hydrogens is 233 g/mol. The van der Waals surface area contributed by atoms with Crippen LogP contribution in [0.25, 0.3) is 0 Å². The minimum absolute atomic E-state index is 0.289. The summed E-state index contributed by atoms with van der Waals surface area (Å²) in [4.78, 5) is 7.05. The molecule has 5 nitrogen and oxygen atoms in total. The van der Waals surface area contributed by atoms with E-state index in [1.807, 2.05) is 0 Å². The third kappa shape index (κ3) is 2.19. The van der Waals surface area contributed by atoms with Crippen LogP contribution in [0.4, 0.5) is 4.39 Å². The van der Waals surface area contributed by atoms with E-state index in [9.17, 15) is 12.8 Å². The van der Waals surface area contributed by atoms with Crippen molar-refractivity contribution in [2.24, 2.45) is 0 Å². The Hall–Kier alpha value is -1.08. The zero-order valence-electron chi connectivity index (χ0n) is 8.56. The van der Waals surface area contributed by atoms with Gasteiger partial charge < -0.3 is 5.32 Å². The molecule has 1 saturated heterocycles. The fourth-order valence-corrected chi connectivity index (χ4v) is 3.19. The molecule has 0 spiro atoms. The van der Waals surface area contributed by atoms with Gasteiger partial charge in [-0.15, -0.1) is 0 Å². The molecule has 1 aliphatic rings. The lowest BCUT2D eigenvalue weighted by Gasteiger charge is -2.21. The van der Waals surface area contributed by atoms with Crippen LogP contribution in [0.5, 0.6) is 0 Å². The molecule has 7 heteroatoms. The molecule has 2 heterocycles. The van der Waals surface area contributed by atoms with Gasteiger partial charge in [0.1, 0.15) is 0 Å². The van der Waals surface area contributed by atoms with Crippen molar-refractivity contribution < 1.29 is 12.8 Å². The van der Waals surface area contributed by atoms with Crippen molar-refractivity contribution in [3.05, 3.63) is 18.2 Å². The minimum atomic E-state index is -3.53. The van der Waals surface area contributed by atoms with Crippen LogP contribution < -0.4 is 5.32 Å². The second-order valence-electron chi connectivity index (χ2n) is 3.70. The molecule has 0 amide bonds. The SMILES string of the molecule is O=S(=O)(c1ncc(F)cn1)[C@H]1CCCNC1. The molecule has 1 aromatic heterocycles. The molecule has 0 saturated carbocycles. The second-order valence-corrected chi connectivity index (χ2v) is 5.82. The average Bonchev–Trinajstić information content (AvgIpc) is 2.31. The molecule has 1 atom stereocenters. The monoisotopic (exact) mass is 245 g/mol. The van der Waals surface area contributed by atoms with E-state index >= 15 is 0 Å². The Morgan fingerprint density at radius 1 is 1.38 bits per heavy atom. The fourth-order valence-electron chi connectivity index (χ4n) is 1.68.